The molecular formula is C21H28N2O4. The maximum Gasteiger partial charge on any atom is 0.355 e. The minimum Gasteiger partial charge on any atom is -0.451 e. The fraction of sp³-hybridized carbons (Fsp3) is 0.667. The zero-order valence-corrected chi connectivity index (χ0v) is 16.0. The molecular weight excluding hydrogens is 344 g/mol. The number of amides is 1. The Kier molecular flexibility index (Phi) is 4.60. The molecule has 4 saturated carbocycles. The summed E-state index contributed by atoms with van der Waals surface area (Å²) in [7, 11) is 0. The van der Waals surface area contributed by atoms with E-state index in [1.165, 1.54) is 57.7 Å². The largest absolute Gasteiger partial charge is 0.451 e. The van der Waals surface area contributed by atoms with Gasteiger partial charge < -0.3 is 15.0 Å². The van der Waals surface area contributed by atoms with Crippen molar-refractivity contribution >= 4 is 17.7 Å². The summed E-state index contributed by atoms with van der Waals surface area (Å²) in [6, 6.07) is 1.55. The van der Waals surface area contributed by atoms with Crippen molar-refractivity contribution in [1.29, 1.82) is 0 Å². The summed E-state index contributed by atoms with van der Waals surface area (Å²) in [6.45, 7) is 3.23. The van der Waals surface area contributed by atoms with Crippen molar-refractivity contribution in [2.75, 3.05) is 6.61 Å². The van der Waals surface area contributed by atoms with Crippen LogP contribution in [0.3, 0.4) is 0 Å². The van der Waals surface area contributed by atoms with E-state index in [0.717, 1.165) is 17.8 Å². The van der Waals surface area contributed by atoms with Crippen LogP contribution in [-0.4, -0.2) is 35.3 Å². The average Bonchev–Trinajstić information content (AvgIpc) is 3.09. The third-order valence-corrected chi connectivity index (χ3v) is 7.03. The molecule has 0 aliphatic heterocycles. The highest BCUT2D eigenvalue weighted by atomic mass is 16.5. The summed E-state index contributed by atoms with van der Waals surface area (Å²) >= 11 is 0. The number of hydrogen-bond donors (Lipinski definition) is 2. The summed E-state index contributed by atoms with van der Waals surface area (Å²) in [4.78, 5) is 38.4. The van der Waals surface area contributed by atoms with Crippen LogP contribution in [0, 0.1) is 23.2 Å². The van der Waals surface area contributed by atoms with E-state index in [2.05, 4.69) is 17.2 Å². The van der Waals surface area contributed by atoms with Gasteiger partial charge in [0, 0.05) is 17.8 Å². The number of aromatic amines is 1. The van der Waals surface area contributed by atoms with Crippen molar-refractivity contribution < 1.29 is 19.1 Å². The third-order valence-electron chi connectivity index (χ3n) is 7.03. The molecule has 0 spiro atoms. The Morgan fingerprint density at radius 2 is 1.78 bits per heavy atom. The molecule has 1 heterocycles. The fourth-order valence-corrected chi connectivity index (χ4v) is 6.07. The average molecular weight is 372 g/mol. The van der Waals surface area contributed by atoms with Crippen molar-refractivity contribution in [3.05, 3.63) is 23.5 Å². The van der Waals surface area contributed by atoms with Gasteiger partial charge in [-0.15, -0.1) is 0 Å². The molecule has 6 nitrogen and oxygen atoms in total. The number of aromatic nitrogens is 1. The second-order valence-electron chi connectivity index (χ2n) is 9.00. The lowest BCUT2D eigenvalue weighted by Gasteiger charge is -2.59. The van der Waals surface area contributed by atoms with Gasteiger partial charge in [-0.05, 0) is 81.6 Å². The molecule has 146 valence electrons. The number of ether oxygens (including phenoxy) is 1. The van der Waals surface area contributed by atoms with E-state index in [-0.39, 0.29) is 35.4 Å². The third kappa shape index (κ3) is 3.54. The molecule has 4 aliphatic carbocycles. The van der Waals surface area contributed by atoms with E-state index in [9.17, 15) is 14.4 Å². The maximum atomic E-state index is 12.3. The zero-order valence-electron chi connectivity index (χ0n) is 16.0. The highest BCUT2D eigenvalue weighted by Gasteiger charge is 2.53. The highest BCUT2D eigenvalue weighted by Crippen LogP contribution is 2.61. The van der Waals surface area contributed by atoms with Crippen molar-refractivity contribution in [3.63, 3.8) is 0 Å². The quantitative estimate of drug-likeness (QED) is 0.593. The summed E-state index contributed by atoms with van der Waals surface area (Å²) in [5.74, 6) is 1.47. The van der Waals surface area contributed by atoms with E-state index < -0.39 is 5.97 Å². The Morgan fingerprint density at radius 3 is 2.30 bits per heavy atom. The van der Waals surface area contributed by atoms with Crippen molar-refractivity contribution in [2.45, 2.75) is 58.4 Å². The van der Waals surface area contributed by atoms with Gasteiger partial charge in [0.2, 0.25) is 0 Å². The van der Waals surface area contributed by atoms with Crippen LogP contribution < -0.4 is 5.32 Å². The smallest absolute Gasteiger partial charge is 0.355 e. The van der Waals surface area contributed by atoms with Gasteiger partial charge in [0.05, 0.1) is 0 Å². The van der Waals surface area contributed by atoms with E-state index in [0.29, 0.717) is 5.56 Å². The minimum atomic E-state index is -0.625. The standard InChI is InChI=1S/C21H28N2O4/c1-12(24)17-6-18(22-10-17)20(26)27-11-19(25)23-13(2)21-7-14-3-15(8-21)5-16(4-14)9-21/h6,10,13-16,22H,3-5,7-9,11H2,1-2H3,(H,23,25)/t13-,14?,15?,16?,21?/m0/s1. The Bertz CT molecular complexity index is 731. The molecule has 1 atom stereocenters. The lowest BCUT2D eigenvalue weighted by atomic mass is 9.48. The van der Waals surface area contributed by atoms with Gasteiger partial charge in [-0.3, -0.25) is 9.59 Å². The number of carbonyl (C=O) groups is 3. The van der Waals surface area contributed by atoms with Crippen molar-refractivity contribution in [1.82, 2.24) is 10.3 Å². The van der Waals surface area contributed by atoms with Crippen LogP contribution in [0.1, 0.15) is 73.2 Å². The number of rotatable bonds is 6. The normalized spacial score (nSPS) is 32.1. The maximum absolute atomic E-state index is 12.3. The van der Waals surface area contributed by atoms with Crippen LogP contribution in [0.4, 0.5) is 0 Å². The van der Waals surface area contributed by atoms with Gasteiger partial charge in [-0.25, -0.2) is 4.79 Å². The predicted molar refractivity (Wildman–Crippen MR) is 99.3 cm³/mol. The predicted octanol–water partition coefficient (Wildman–Crippen LogP) is 3.10. The lowest BCUT2D eigenvalue weighted by molar-refractivity contribution is -0.128. The van der Waals surface area contributed by atoms with Gasteiger partial charge in [-0.2, -0.15) is 0 Å². The van der Waals surface area contributed by atoms with Crippen LogP contribution in [0.5, 0.6) is 0 Å². The second kappa shape index (κ2) is 6.80. The molecule has 4 aliphatic rings. The van der Waals surface area contributed by atoms with Crippen LogP contribution >= 0.6 is 0 Å². The molecule has 0 unspecified atom stereocenters. The number of H-pyrrole nitrogens is 1. The van der Waals surface area contributed by atoms with Crippen LogP contribution in [0.15, 0.2) is 12.3 Å². The molecule has 6 heteroatoms. The summed E-state index contributed by atoms with van der Waals surface area (Å²) < 4.78 is 5.11. The molecule has 4 fully saturated rings. The Morgan fingerprint density at radius 1 is 1.19 bits per heavy atom. The molecule has 1 aromatic heterocycles. The first kappa shape index (κ1) is 18.3. The molecule has 2 N–H and O–H groups in total. The molecule has 1 aromatic rings. The van der Waals surface area contributed by atoms with Crippen LogP contribution in [-0.2, 0) is 9.53 Å². The fourth-order valence-electron chi connectivity index (χ4n) is 6.07. The SMILES string of the molecule is CC(=O)c1c[nH]c(C(=O)OCC(=O)N[C@@H](C)C23CC4CC(CC(C4)C2)C3)c1. The van der Waals surface area contributed by atoms with Crippen molar-refractivity contribution in [2.24, 2.45) is 23.2 Å². The molecule has 0 radical (unpaired) electrons. The van der Waals surface area contributed by atoms with Crippen molar-refractivity contribution in [3.8, 4) is 0 Å². The number of hydrogen-bond acceptors (Lipinski definition) is 4. The summed E-state index contributed by atoms with van der Waals surface area (Å²) in [5.41, 5.74) is 0.827. The Labute approximate surface area is 159 Å². The van der Waals surface area contributed by atoms with Gasteiger partial charge in [0.25, 0.3) is 5.91 Å². The molecule has 27 heavy (non-hydrogen) atoms. The summed E-state index contributed by atoms with van der Waals surface area (Å²) in [5, 5.41) is 3.09. The topological polar surface area (TPSA) is 88.3 Å². The number of nitrogens with one attached hydrogen (secondary N) is 2. The lowest BCUT2D eigenvalue weighted by Crippen LogP contribution is -2.56. The summed E-state index contributed by atoms with van der Waals surface area (Å²) in [6.07, 6.45) is 9.24. The first-order valence-corrected chi connectivity index (χ1v) is 10.0. The first-order chi connectivity index (χ1) is 12.8. The number of ketones is 1. The van der Waals surface area contributed by atoms with Crippen LogP contribution in [0.25, 0.3) is 0 Å². The zero-order chi connectivity index (χ0) is 19.2. The van der Waals surface area contributed by atoms with Gasteiger partial charge in [-0.1, -0.05) is 0 Å². The Balaban J connectivity index is 1.30. The molecule has 0 aromatic carbocycles. The second-order valence-corrected chi connectivity index (χ2v) is 9.00. The Hall–Kier alpha value is -2.11. The number of carbonyl (C=O) groups excluding carboxylic acids is 3. The van der Waals surface area contributed by atoms with Gasteiger partial charge >= 0.3 is 5.97 Å². The minimum absolute atomic E-state index is 0.104. The number of Topliss-reactive ketones (excluding diaryl/α,β-unsaturated/α-hetero) is 1. The van der Waals surface area contributed by atoms with Crippen LogP contribution in [0.2, 0.25) is 0 Å². The number of esters is 1. The van der Waals surface area contributed by atoms with E-state index in [4.69, 9.17) is 4.74 Å². The molecule has 0 saturated heterocycles. The monoisotopic (exact) mass is 372 g/mol. The molecule has 4 bridgehead atoms. The highest BCUT2D eigenvalue weighted by molar-refractivity contribution is 5.97. The molecule has 1 amide bonds. The van der Waals surface area contributed by atoms with E-state index in [1.807, 2.05) is 0 Å². The van der Waals surface area contributed by atoms with Gasteiger partial charge in [0.1, 0.15) is 5.69 Å². The molecule has 5 rings (SSSR count). The van der Waals surface area contributed by atoms with E-state index >= 15 is 0 Å². The van der Waals surface area contributed by atoms with Gasteiger partial charge in [0.15, 0.2) is 12.4 Å². The first-order valence-electron chi connectivity index (χ1n) is 10.0. The van der Waals surface area contributed by atoms with E-state index in [1.54, 1.807) is 0 Å².